The first-order valence-electron chi connectivity index (χ1n) is 6.08. The third-order valence-electron chi connectivity index (χ3n) is 3.92. The molecule has 1 saturated carbocycles. The molecule has 0 aromatic carbocycles. The molecule has 0 radical (unpaired) electrons. The maximum absolute atomic E-state index is 13.1. The van der Waals surface area contributed by atoms with Crippen LogP contribution in [0, 0.1) is 5.82 Å². The molecule has 2 aromatic heterocycles. The molecule has 1 aliphatic rings. The molecule has 0 bridgehead atoms. The highest BCUT2D eigenvalue weighted by Gasteiger charge is 2.37. The molecule has 2 N–H and O–H groups in total. The molecule has 90 valence electrons. The standard InChI is InChI=1S/C13H16FN3/c14-10-3-6-17-11(7-10)8-16-12(17)13(9-15)4-1-2-5-13/h3,6-8H,1-2,4-5,9,15H2. The second-order valence-corrected chi connectivity index (χ2v) is 4.91. The van der Waals surface area contributed by atoms with Gasteiger partial charge in [0.15, 0.2) is 0 Å². The van der Waals surface area contributed by atoms with Gasteiger partial charge in [-0.3, -0.25) is 0 Å². The van der Waals surface area contributed by atoms with Crippen molar-refractivity contribution in [2.75, 3.05) is 6.54 Å². The minimum Gasteiger partial charge on any atom is -0.329 e. The Bertz CT molecular complexity index is 541. The van der Waals surface area contributed by atoms with Gasteiger partial charge in [-0.2, -0.15) is 0 Å². The van der Waals surface area contributed by atoms with E-state index in [1.165, 1.54) is 25.0 Å². The van der Waals surface area contributed by atoms with Gasteiger partial charge in [-0.05, 0) is 25.0 Å². The van der Waals surface area contributed by atoms with Gasteiger partial charge >= 0.3 is 0 Å². The Labute approximate surface area is 99.5 Å². The zero-order valence-electron chi connectivity index (χ0n) is 9.69. The maximum Gasteiger partial charge on any atom is 0.126 e. The summed E-state index contributed by atoms with van der Waals surface area (Å²) in [6, 6.07) is 2.98. The van der Waals surface area contributed by atoms with Gasteiger partial charge in [0.05, 0.1) is 11.7 Å². The van der Waals surface area contributed by atoms with Gasteiger partial charge in [-0.25, -0.2) is 9.37 Å². The molecule has 17 heavy (non-hydrogen) atoms. The van der Waals surface area contributed by atoms with Crippen LogP contribution in [0.2, 0.25) is 0 Å². The SMILES string of the molecule is NCC1(c2ncc3cc(F)ccn23)CCCC1. The van der Waals surface area contributed by atoms with Crippen molar-refractivity contribution in [1.82, 2.24) is 9.38 Å². The largest absolute Gasteiger partial charge is 0.329 e. The first-order valence-corrected chi connectivity index (χ1v) is 6.08. The Balaban J connectivity index is 2.17. The number of imidazole rings is 1. The first kappa shape index (κ1) is 10.7. The molecule has 3 rings (SSSR count). The van der Waals surface area contributed by atoms with E-state index in [2.05, 4.69) is 4.98 Å². The van der Waals surface area contributed by atoms with E-state index in [4.69, 9.17) is 5.73 Å². The lowest BCUT2D eigenvalue weighted by molar-refractivity contribution is 0.423. The highest BCUT2D eigenvalue weighted by molar-refractivity contribution is 5.47. The fourth-order valence-corrected chi connectivity index (χ4v) is 2.94. The fraction of sp³-hybridized carbons (Fsp3) is 0.462. The molecule has 0 atom stereocenters. The highest BCUT2D eigenvalue weighted by Crippen LogP contribution is 2.39. The molecule has 1 aliphatic carbocycles. The van der Waals surface area contributed by atoms with Crippen LogP contribution in [0.1, 0.15) is 31.5 Å². The summed E-state index contributed by atoms with van der Waals surface area (Å²) in [4.78, 5) is 4.48. The molecular formula is C13H16FN3. The molecule has 0 spiro atoms. The summed E-state index contributed by atoms with van der Waals surface area (Å²) < 4.78 is 15.1. The van der Waals surface area contributed by atoms with E-state index >= 15 is 0 Å². The number of pyridine rings is 1. The van der Waals surface area contributed by atoms with Gasteiger partial charge in [0, 0.05) is 18.2 Å². The molecule has 0 unspecified atom stereocenters. The van der Waals surface area contributed by atoms with E-state index in [0.29, 0.717) is 6.54 Å². The summed E-state index contributed by atoms with van der Waals surface area (Å²) >= 11 is 0. The summed E-state index contributed by atoms with van der Waals surface area (Å²) in [5.41, 5.74) is 6.75. The number of fused-ring (bicyclic) bond motifs is 1. The van der Waals surface area contributed by atoms with Crippen LogP contribution in [0.15, 0.2) is 24.5 Å². The van der Waals surface area contributed by atoms with E-state index < -0.39 is 0 Å². The van der Waals surface area contributed by atoms with E-state index in [0.717, 1.165) is 24.2 Å². The van der Waals surface area contributed by atoms with Crippen LogP contribution >= 0.6 is 0 Å². The quantitative estimate of drug-likeness (QED) is 0.864. The Hall–Kier alpha value is -1.42. The number of nitrogens with two attached hydrogens (primary N) is 1. The van der Waals surface area contributed by atoms with E-state index in [9.17, 15) is 4.39 Å². The summed E-state index contributed by atoms with van der Waals surface area (Å²) in [5, 5.41) is 0. The van der Waals surface area contributed by atoms with Crippen molar-refractivity contribution in [3.63, 3.8) is 0 Å². The van der Waals surface area contributed by atoms with Crippen molar-refractivity contribution < 1.29 is 4.39 Å². The molecule has 0 amide bonds. The van der Waals surface area contributed by atoms with E-state index in [-0.39, 0.29) is 11.2 Å². The molecule has 0 saturated heterocycles. The van der Waals surface area contributed by atoms with Gasteiger partial charge < -0.3 is 10.1 Å². The highest BCUT2D eigenvalue weighted by atomic mass is 19.1. The summed E-state index contributed by atoms with van der Waals surface area (Å²) in [6.07, 6.45) is 8.05. The van der Waals surface area contributed by atoms with Gasteiger partial charge in [-0.15, -0.1) is 0 Å². The Morgan fingerprint density at radius 2 is 2.18 bits per heavy atom. The molecule has 2 heterocycles. The lowest BCUT2D eigenvalue weighted by Crippen LogP contribution is -2.34. The number of hydrogen-bond donors (Lipinski definition) is 1. The molecule has 2 aromatic rings. The van der Waals surface area contributed by atoms with Crippen LogP contribution in [0.4, 0.5) is 4.39 Å². The fourth-order valence-electron chi connectivity index (χ4n) is 2.94. The van der Waals surface area contributed by atoms with Crippen LogP contribution < -0.4 is 5.73 Å². The smallest absolute Gasteiger partial charge is 0.126 e. The second kappa shape index (κ2) is 3.81. The van der Waals surface area contributed by atoms with Crippen molar-refractivity contribution in [1.29, 1.82) is 0 Å². The number of nitrogens with zero attached hydrogens (tertiary/aromatic N) is 2. The number of rotatable bonds is 2. The summed E-state index contributed by atoms with van der Waals surface area (Å²) in [7, 11) is 0. The Kier molecular flexibility index (Phi) is 2.40. The molecule has 4 heteroatoms. The molecular weight excluding hydrogens is 217 g/mol. The van der Waals surface area contributed by atoms with Crippen molar-refractivity contribution >= 4 is 5.52 Å². The predicted molar refractivity (Wildman–Crippen MR) is 64.4 cm³/mol. The van der Waals surface area contributed by atoms with Crippen LogP contribution in [-0.4, -0.2) is 15.9 Å². The molecule has 0 aliphatic heterocycles. The van der Waals surface area contributed by atoms with E-state index in [1.807, 2.05) is 4.40 Å². The van der Waals surface area contributed by atoms with Gasteiger partial charge in [0.2, 0.25) is 0 Å². The van der Waals surface area contributed by atoms with E-state index in [1.54, 1.807) is 12.4 Å². The summed E-state index contributed by atoms with van der Waals surface area (Å²) in [5.74, 6) is 0.768. The third-order valence-corrected chi connectivity index (χ3v) is 3.92. The normalized spacial score (nSPS) is 18.9. The van der Waals surface area contributed by atoms with Crippen molar-refractivity contribution in [3.8, 4) is 0 Å². The second-order valence-electron chi connectivity index (χ2n) is 4.91. The first-order chi connectivity index (χ1) is 8.25. The van der Waals surface area contributed by atoms with Crippen LogP contribution in [0.3, 0.4) is 0 Å². The third kappa shape index (κ3) is 1.55. The zero-order valence-corrected chi connectivity index (χ0v) is 9.69. The molecule has 3 nitrogen and oxygen atoms in total. The average Bonchev–Trinajstić information content (AvgIpc) is 2.94. The van der Waals surface area contributed by atoms with Crippen molar-refractivity contribution in [2.45, 2.75) is 31.1 Å². The topological polar surface area (TPSA) is 43.3 Å². The minimum absolute atomic E-state index is 0.00968. The van der Waals surface area contributed by atoms with Gasteiger partial charge in [-0.1, -0.05) is 12.8 Å². The van der Waals surface area contributed by atoms with Crippen molar-refractivity contribution in [3.05, 3.63) is 36.2 Å². The summed E-state index contributed by atoms with van der Waals surface area (Å²) in [6.45, 7) is 0.615. The van der Waals surface area contributed by atoms with Crippen LogP contribution in [0.5, 0.6) is 0 Å². The minimum atomic E-state index is -0.225. The lowest BCUT2D eigenvalue weighted by Gasteiger charge is -2.25. The monoisotopic (exact) mass is 233 g/mol. The lowest BCUT2D eigenvalue weighted by atomic mass is 9.85. The van der Waals surface area contributed by atoms with Gasteiger partial charge in [0.1, 0.15) is 11.6 Å². The van der Waals surface area contributed by atoms with Crippen LogP contribution in [-0.2, 0) is 5.41 Å². The van der Waals surface area contributed by atoms with Crippen LogP contribution in [0.25, 0.3) is 5.52 Å². The predicted octanol–water partition coefficient (Wildman–Crippen LogP) is 2.24. The average molecular weight is 233 g/mol. The number of hydrogen-bond acceptors (Lipinski definition) is 2. The van der Waals surface area contributed by atoms with Gasteiger partial charge in [0.25, 0.3) is 0 Å². The van der Waals surface area contributed by atoms with Crippen molar-refractivity contribution in [2.24, 2.45) is 5.73 Å². The Morgan fingerprint density at radius 3 is 2.88 bits per heavy atom. The number of aromatic nitrogens is 2. The maximum atomic E-state index is 13.1. The number of halogens is 1. The zero-order chi connectivity index (χ0) is 11.9. The Morgan fingerprint density at radius 1 is 1.41 bits per heavy atom. The molecule has 1 fully saturated rings.